The fraction of sp³-hybridized carbons (Fsp3) is 0.467. The first-order valence-corrected chi connectivity index (χ1v) is 6.80. The molecule has 1 aliphatic carbocycles. The molecule has 1 aromatic heterocycles. The fourth-order valence-corrected chi connectivity index (χ4v) is 2.84. The number of aromatic nitrogens is 3. The Kier molecular flexibility index (Phi) is 3.13. The molecule has 0 radical (unpaired) electrons. The van der Waals surface area contributed by atoms with Crippen LogP contribution in [-0.4, -0.2) is 15.0 Å². The van der Waals surface area contributed by atoms with Crippen LogP contribution in [0, 0.1) is 5.92 Å². The summed E-state index contributed by atoms with van der Waals surface area (Å²) in [5.41, 5.74) is 2.13. The Balaban J connectivity index is 1.81. The predicted molar refractivity (Wildman–Crippen MR) is 72.1 cm³/mol. The summed E-state index contributed by atoms with van der Waals surface area (Å²) >= 11 is 0. The first-order valence-electron chi connectivity index (χ1n) is 6.80. The topological polar surface area (TPSA) is 30.7 Å². The van der Waals surface area contributed by atoms with Crippen LogP contribution < -0.4 is 0 Å². The summed E-state index contributed by atoms with van der Waals surface area (Å²) in [6, 6.07) is 10.8. The quantitative estimate of drug-likeness (QED) is 0.802. The molecule has 3 nitrogen and oxygen atoms in total. The van der Waals surface area contributed by atoms with Gasteiger partial charge in [-0.05, 0) is 18.8 Å². The molecule has 2 aromatic rings. The van der Waals surface area contributed by atoms with Crippen molar-refractivity contribution in [2.24, 2.45) is 5.92 Å². The number of rotatable bonds is 2. The standard InChI is InChI=1S/C15H19N3/c1-12-6-5-9-14(10-12)18-11-15(16-17-18)13-7-3-2-4-8-13/h2-4,7-8,11-12,14H,5-6,9-10H2,1H3/t12-,14?/m1/s1. The maximum atomic E-state index is 4.32. The SMILES string of the molecule is C[C@@H]1CCCC(n2cc(-c3ccccc3)nn2)C1. The van der Waals surface area contributed by atoms with Crippen molar-refractivity contribution in [2.45, 2.75) is 38.6 Å². The van der Waals surface area contributed by atoms with Gasteiger partial charge < -0.3 is 0 Å². The lowest BCUT2D eigenvalue weighted by atomic mass is 9.87. The maximum absolute atomic E-state index is 4.32. The van der Waals surface area contributed by atoms with E-state index in [1.54, 1.807) is 0 Å². The maximum Gasteiger partial charge on any atom is 0.113 e. The summed E-state index contributed by atoms with van der Waals surface area (Å²) in [5, 5.41) is 8.62. The molecule has 94 valence electrons. The van der Waals surface area contributed by atoms with Gasteiger partial charge in [-0.3, -0.25) is 0 Å². The van der Waals surface area contributed by atoms with Crippen LogP contribution in [-0.2, 0) is 0 Å². The molecule has 3 heteroatoms. The van der Waals surface area contributed by atoms with Crippen LogP contribution in [0.3, 0.4) is 0 Å². The summed E-state index contributed by atoms with van der Waals surface area (Å²) in [7, 11) is 0. The van der Waals surface area contributed by atoms with Gasteiger partial charge in [0.1, 0.15) is 5.69 Å². The van der Waals surface area contributed by atoms with Gasteiger partial charge in [0.2, 0.25) is 0 Å². The highest BCUT2D eigenvalue weighted by Crippen LogP contribution is 2.32. The average Bonchev–Trinajstić information content (AvgIpc) is 2.89. The Morgan fingerprint density at radius 2 is 2.00 bits per heavy atom. The van der Waals surface area contributed by atoms with E-state index in [9.17, 15) is 0 Å². The summed E-state index contributed by atoms with van der Waals surface area (Å²) in [5.74, 6) is 0.813. The average molecular weight is 241 g/mol. The molecule has 0 spiro atoms. The minimum atomic E-state index is 0.540. The Labute approximate surface area is 108 Å². The minimum Gasteiger partial charge on any atom is -0.249 e. The molecule has 1 fully saturated rings. The number of hydrogen-bond donors (Lipinski definition) is 0. The second-order valence-corrected chi connectivity index (χ2v) is 5.38. The third kappa shape index (κ3) is 2.30. The molecule has 1 heterocycles. The van der Waals surface area contributed by atoms with Gasteiger partial charge in [0.25, 0.3) is 0 Å². The number of hydrogen-bond acceptors (Lipinski definition) is 2. The molecule has 3 rings (SSSR count). The van der Waals surface area contributed by atoms with Gasteiger partial charge in [0.05, 0.1) is 12.2 Å². The van der Waals surface area contributed by atoms with Crippen molar-refractivity contribution in [1.29, 1.82) is 0 Å². The molecule has 1 aromatic carbocycles. The van der Waals surface area contributed by atoms with Crippen molar-refractivity contribution < 1.29 is 0 Å². The monoisotopic (exact) mass is 241 g/mol. The van der Waals surface area contributed by atoms with E-state index in [-0.39, 0.29) is 0 Å². The minimum absolute atomic E-state index is 0.540. The van der Waals surface area contributed by atoms with E-state index in [2.05, 4.69) is 40.2 Å². The summed E-state index contributed by atoms with van der Waals surface area (Å²) in [6.07, 6.45) is 7.24. The molecular formula is C15H19N3. The van der Waals surface area contributed by atoms with Crippen LogP contribution in [0.2, 0.25) is 0 Å². The Morgan fingerprint density at radius 3 is 2.78 bits per heavy atom. The first kappa shape index (κ1) is 11.5. The van der Waals surface area contributed by atoms with Crippen LogP contribution in [0.25, 0.3) is 11.3 Å². The molecule has 0 saturated heterocycles. The smallest absolute Gasteiger partial charge is 0.113 e. The first-order chi connectivity index (χ1) is 8.83. The number of nitrogens with zero attached hydrogens (tertiary/aromatic N) is 3. The molecule has 2 atom stereocenters. The fourth-order valence-electron chi connectivity index (χ4n) is 2.84. The van der Waals surface area contributed by atoms with E-state index in [1.165, 1.54) is 25.7 Å². The zero-order valence-corrected chi connectivity index (χ0v) is 10.8. The Morgan fingerprint density at radius 1 is 1.17 bits per heavy atom. The molecule has 0 aliphatic heterocycles. The molecule has 0 amide bonds. The summed E-state index contributed by atoms with van der Waals surface area (Å²) < 4.78 is 2.07. The van der Waals surface area contributed by atoms with E-state index in [4.69, 9.17) is 0 Å². The van der Waals surface area contributed by atoms with Crippen LogP contribution in [0.15, 0.2) is 36.5 Å². The summed E-state index contributed by atoms with van der Waals surface area (Å²) in [6.45, 7) is 2.33. The van der Waals surface area contributed by atoms with Gasteiger partial charge in [0.15, 0.2) is 0 Å². The number of benzene rings is 1. The van der Waals surface area contributed by atoms with Gasteiger partial charge >= 0.3 is 0 Å². The second kappa shape index (κ2) is 4.92. The van der Waals surface area contributed by atoms with E-state index >= 15 is 0 Å². The Bertz CT molecular complexity index is 503. The van der Waals surface area contributed by atoms with Crippen LogP contribution in [0.5, 0.6) is 0 Å². The van der Waals surface area contributed by atoms with Gasteiger partial charge in [-0.2, -0.15) is 0 Å². The third-order valence-electron chi connectivity index (χ3n) is 3.86. The molecule has 1 saturated carbocycles. The lowest BCUT2D eigenvalue weighted by Crippen LogP contribution is -2.18. The van der Waals surface area contributed by atoms with Crippen molar-refractivity contribution in [1.82, 2.24) is 15.0 Å². The van der Waals surface area contributed by atoms with Crippen molar-refractivity contribution in [3.05, 3.63) is 36.5 Å². The lowest BCUT2D eigenvalue weighted by molar-refractivity contribution is 0.263. The summed E-state index contributed by atoms with van der Waals surface area (Å²) in [4.78, 5) is 0. The lowest BCUT2D eigenvalue weighted by Gasteiger charge is -2.26. The van der Waals surface area contributed by atoms with Gasteiger partial charge in [-0.1, -0.05) is 55.3 Å². The highest BCUT2D eigenvalue weighted by atomic mass is 15.4. The molecule has 0 N–H and O–H groups in total. The normalized spacial score (nSPS) is 24.1. The van der Waals surface area contributed by atoms with Gasteiger partial charge in [0, 0.05) is 5.56 Å². The molecule has 0 bridgehead atoms. The van der Waals surface area contributed by atoms with Crippen molar-refractivity contribution >= 4 is 0 Å². The zero-order valence-electron chi connectivity index (χ0n) is 10.8. The molecular weight excluding hydrogens is 222 g/mol. The van der Waals surface area contributed by atoms with Crippen molar-refractivity contribution in [2.75, 3.05) is 0 Å². The largest absolute Gasteiger partial charge is 0.249 e. The molecule has 1 aliphatic rings. The second-order valence-electron chi connectivity index (χ2n) is 5.38. The van der Waals surface area contributed by atoms with Crippen LogP contribution in [0.1, 0.15) is 38.6 Å². The highest BCUT2D eigenvalue weighted by Gasteiger charge is 2.21. The van der Waals surface area contributed by atoms with Crippen LogP contribution >= 0.6 is 0 Å². The predicted octanol–water partition coefficient (Wildman–Crippen LogP) is 3.70. The van der Waals surface area contributed by atoms with E-state index in [1.807, 2.05) is 18.2 Å². The molecule has 1 unspecified atom stereocenters. The van der Waals surface area contributed by atoms with Crippen LogP contribution in [0.4, 0.5) is 0 Å². The molecule has 18 heavy (non-hydrogen) atoms. The Hall–Kier alpha value is -1.64. The van der Waals surface area contributed by atoms with Crippen molar-refractivity contribution in [3.63, 3.8) is 0 Å². The van der Waals surface area contributed by atoms with Crippen molar-refractivity contribution in [3.8, 4) is 11.3 Å². The van der Waals surface area contributed by atoms with E-state index < -0.39 is 0 Å². The van der Waals surface area contributed by atoms with E-state index in [0.717, 1.165) is 17.2 Å². The van der Waals surface area contributed by atoms with Gasteiger partial charge in [-0.15, -0.1) is 5.10 Å². The highest BCUT2D eigenvalue weighted by molar-refractivity contribution is 5.57. The zero-order chi connectivity index (χ0) is 12.4. The third-order valence-corrected chi connectivity index (χ3v) is 3.86. The van der Waals surface area contributed by atoms with Gasteiger partial charge in [-0.25, -0.2) is 4.68 Å². The van der Waals surface area contributed by atoms with E-state index in [0.29, 0.717) is 6.04 Å².